The van der Waals surface area contributed by atoms with Crippen LogP contribution in [0.5, 0.6) is 0 Å². The monoisotopic (exact) mass is 401 g/mol. The molecule has 1 saturated carbocycles. The summed E-state index contributed by atoms with van der Waals surface area (Å²) in [4.78, 5) is 21.0. The highest BCUT2D eigenvalue weighted by atomic mass is 16.5. The van der Waals surface area contributed by atoms with E-state index >= 15 is 0 Å². The van der Waals surface area contributed by atoms with Crippen LogP contribution in [0.4, 0.5) is 10.5 Å². The van der Waals surface area contributed by atoms with Gasteiger partial charge in [-0.2, -0.15) is 0 Å². The first-order valence-electron chi connectivity index (χ1n) is 10.9. The number of aliphatic imine (C=N–C) groups is 1. The summed E-state index contributed by atoms with van der Waals surface area (Å²) in [6.45, 7) is 7.55. The van der Waals surface area contributed by atoms with Crippen LogP contribution >= 0.6 is 0 Å². The van der Waals surface area contributed by atoms with Crippen LogP contribution in [0.15, 0.2) is 29.3 Å². The van der Waals surface area contributed by atoms with Gasteiger partial charge in [0.15, 0.2) is 5.96 Å². The normalized spacial score (nSPS) is 16.8. The number of carbonyl (C=O) groups excluding carboxylic acids is 1. The summed E-state index contributed by atoms with van der Waals surface area (Å²) in [5, 5.41) is 6.35. The summed E-state index contributed by atoms with van der Waals surface area (Å²) in [6, 6.07) is 7.92. The van der Waals surface area contributed by atoms with Crippen molar-refractivity contribution in [3.8, 4) is 0 Å². The molecule has 2 amide bonds. The maximum atomic E-state index is 12.3. The van der Waals surface area contributed by atoms with Crippen LogP contribution in [0.2, 0.25) is 0 Å². The van der Waals surface area contributed by atoms with Crippen LogP contribution in [0.3, 0.4) is 0 Å². The lowest BCUT2D eigenvalue weighted by Crippen LogP contribution is -2.40. The second kappa shape index (κ2) is 11.0. The number of nitrogens with zero attached hydrogens (tertiary/aromatic N) is 3. The fourth-order valence-electron chi connectivity index (χ4n) is 3.35. The van der Waals surface area contributed by atoms with E-state index in [0.717, 1.165) is 75.4 Å². The molecule has 0 spiro atoms. The second-order valence-corrected chi connectivity index (χ2v) is 7.93. The molecule has 2 fully saturated rings. The smallest absolute Gasteiger partial charge is 0.321 e. The first kappa shape index (κ1) is 21.4. The van der Waals surface area contributed by atoms with E-state index < -0.39 is 0 Å². The number of likely N-dealkylation sites (tertiary alicyclic amines) is 1. The number of rotatable bonds is 9. The molecule has 160 valence electrons. The Hall–Kier alpha value is -2.28. The predicted octanol–water partition coefficient (Wildman–Crippen LogP) is 3.14. The van der Waals surface area contributed by atoms with Crippen molar-refractivity contribution < 1.29 is 9.53 Å². The van der Waals surface area contributed by atoms with Crippen molar-refractivity contribution >= 4 is 17.7 Å². The van der Waals surface area contributed by atoms with Crippen molar-refractivity contribution in [1.82, 2.24) is 15.1 Å². The molecule has 7 nitrogen and oxygen atoms in total. The van der Waals surface area contributed by atoms with Gasteiger partial charge in [0.25, 0.3) is 0 Å². The van der Waals surface area contributed by atoms with Gasteiger partial charge in [-0.1, -0.05) is 12.1 Å². The maximum absolute atomic E-state index is 12.3. The third kappa shape index (κ3) is 7.24. The first-order valence-corrected chi connectivity index (χ1v) is 10.9. The highest BCUT2D eigenvalue weighted by Crippen LogP contribution is 2.28. The van der Waals surface area contributed by atoms with E-state index in [1.54, 1.807) is 0 Å². The van der Waals surface area contributed by atoms with Gasteiger partial charge in [0.1, 0.15) is 0 Å². The number of ether oxygens (including phenoxy) is 1. The predicted molar refractivity (Wildman–Crippen MR) is 117 cm³/mol. The average Bonchev–Trinajstić information content (AvgIpc) is 3.38. The standard InChI is InChI=1S/C22H35N5O2/c1-3-23-21(26(2)13-14-29-17-18-9-10-18)24-16-19-7-6-8-20(15-19)25-22(28)27-11-4-5-12-27/h6-8,15,18H,3-5,9-14,16-17H2,1-2H3,(H,23,24)(H,25,28). The van der Waals surface area contributed by atoms with E-state index in [0.29, 0.717) is 6.54 Å². The second-order valence-electron chi connectivity index (χ2n) is 7.93. The Bertz CT molecular complexity index is 684. The van der Waals surface area contributed by atoms with Crippen molar-refractivity contribution in [3.05, 3.63) is 29.8 Å². The Balaban J connectivity index is 1.51. The molecule has 1 aliphatic carbocycles. The number of likely N-dealkylation sites (N-methyl/N-ethyl adjacent to an activating group) is 1. The third-order valence-corrected chi connectivity index (χ3v) is 5.30. The number of urea groups is 1. The van der Waals surface area contributed by atoms with E-state index in [1.807, 2.05) is 36.2 Å². The number of amides is 2. The molecule has 1 aromatic rings. The highest BCUT2D eigenvalue weighted by Gasteiger charge is 2.21. The zero-order valence-corrected chi connectivity index (χ0v) is 17.8. The number of hydrogen-bond donors (Lipinski definition) is 2. The van der Waals surface area contributed by atoms with Gasteiger partial charge >= 0.3 is 6.03 Å². The molecular weight excluding hydrogens is 366 g/mol. The van der Waals surface area contributed by atoms with E-state index in [9.17, 15) is 4.79 Å². The molecule has 1 saturated heterocycles. The molecule has 7 heteroatoms. The first-order chi connectivity index (χ1) is 14.2. The molecule has 1 aromatic carbocycles. The minimum Gasteiger partial charge on any atom is -0.379 e. The Morgan fingerprint density at radius 1 is 1.31 bits per heavy atom. The van der Waals surface area contributed by atoms with Crippen LogP contribution in [0.25, 0.3) is 0 Å². The summed E-state index contributed by atoms with van der Waals surface area (Å²) < 4.78 is 5.75. The van der Waals surface area contributed by atoms with Crippen LogP contribution in [-0.2, 0) is 11.3 Å². The zero-order chi connectivity index (χ0) is 20.5. The maximum Gasteiger partial charge on any atom is 0.321 e. The van der Waals surface area contributed by atoms with Crippen molar-refractivity contribution in [2.75, 3.05) is 51.8 Å². The van der Waals surface area contributed by atoms with Crippen LogP contribution in [0.1, 0.15) is 38.2 Å². The number of guanidine groups is 1. The molecule has 2 aliphatic rings. The van der Waals surface area contributed by atoms with Gasteiger partial charge < -0.3 is 25.2 Å². The Labute approximate surface area is 174 Å². The average molecular weight is 402 g/mol. The molecule has 29 heavy (non-hydrogen) atoms. The third-order valence-electron chi connectivity index (χ3n) is 5.30. The molecule has 0 bridgehead atoms. The fraction of sp³-hybridized carbons (Fsp3) is 0.636. The van der Waals surface area contributed by atoms with Gasteiger partial charge in [-0.15, -0.1) is 0 Å². The van der Waals surface area contributed by atoms with Crippen LogP contribution in [0, 0.1) is 5.92 Å². The van der Waals surface area contributed by atoms with Gasteiger partial charge in [-0.3, -0.25) is 0 Å². The number of anilines is 1. The lowest BCUT2D eigenvalue weighted by Gasteiger charge is -2.22. The van der Waals surface area contributed by atoms with Crippen molar-refractivity contribution in [3.63, 3.8) is 0 Å². The summed E-state index contributed by atoms with van der Waals surface area (Å²) in [7, 11) is 2.04. The van der Waals surface area contributed by atoms with E-state index in [-0.39, 0.29) is 6.03 Å². The molecule has 1 aliphatic heterocycles. The number of carbonyl (C=O) groups is 1. The largest absolute Gasteiger partial charge is 0.379 e. The Morgan fingerprint density at radius 3 is 2.83 bits per heavy atom. The molecular formula is C22H35N5O2. The van der Waals surface area contributed by atoms with Crippen LogP contribution in [-0.4, -0.2) is 68.2 Å². The van der Waals surface area contributed by atoms with E-state index in [1.165, 1.54) is 12.8 Å². The molecule has 0 aromatic heterocycles. The van der Waals surface area contributed by atoms with Gasteiger partial charge in [0.05, 0.1) is 13.2 Å². The van der Waals surface area contributed by atoms with Crippen LogP contribution < -0.4 is 10.6 Å². The summed E-state index contributed by atoms with van der Waals surface area (Å²) in [6.07, 6.45) is 4.82. The lowest BCUT2D eigenvalue weighted by atomic mass is 10.2. The molecule has 0 unspecified atom stereocenters. The van der Waals surface area contributed by atoms with Gasteiger partial charge in [0.2, 0.25) is 0 Å². The number of nitrogens with one attached hydrogen (secondary N) is 2. The van der Waals surface area contributed by atoms with Gasteiger partial charge in [0, 0.05) is 45.5 Å². The van der Waals surface area contributed by atoms with Crippen molar-refractivity contribution in [2.24, 2.45) is 10.9 Å². The molecule has 1 heterocycles. The highest BCUT2D eigenvalue weighted by molar-refractivity contribution is 5.89. The molecule has 3 rings (SSSR count). The van der Waals surface area contributed by atoms with E-state index in [4.69, 9.17) is 9.73 Å². The fourth-order valence-corrected chi connectivity index (χ4v) is 3.35. The topological polar surface area (TPSA) is 69.2 Å². The summed E-state index contributed by atoms with van der Waals surface area (Å²) >= 11 is 0. The Kier molecular flexibility index (Phi) is 8.16. The Morgan fingerprint density at radius 2 is 2.10 bits per heavy atom. The number of benzene rings is 1. The van der Waals surface area contributed by atoms with Gasteiger partial charge in [-0.25, -0.2) is 9.79 Å². The summed E-state index contributed by atoms with van der Waals surface area (Å²) in [5.74, 6) is 1.66. The molecule has 0 radical (unpaired) electrons. The van der Waals surface area contributed by atoms with E-state index in [2.05, 4.69) is 22.5 Å². The SMILES string of the molecule is CCNC(=NCc1cccc(NC(=O)N2CCCC2)c1)N(C)CCOCC1CC1. The number of hydrogen-bond acceptors (Lipinski definition) is 3. The molecule has 0 atom stereocenters. The van der Waals surface area contributed by atoms with Crippen molar-refractivity contribution in [2.45, 2.75) is 39.2 Å². The minimum atomic E-state index is -0.0116. The summed E-state index contributed by atoms with van der Waals surface area (Å²) in [5.41, 5.74) is 1.89. The quantitative estimate of drug-likeness (QED) is 0.379. The molecule has 2 N–H and O–H groups in total. The minimum absolute atomic E-state index is 0.0116. The lowest BCUT2D eigenvalue weighted by molar-refractivity contribution is 0.115. The zero-order valence-electron chi connectivity index (χ0n) is 17.8. The van der Waals surface area contributed by atoms with Crippen molar-refractivity contribution in [1.29, 1.82) is 0 Å². The van der Waals surface area contributed by atoms with Gasteiger partial charge in [-0.05, 0) is 56.2 Å².